The fraction of sp³-hybridized carbons (Fsp3) is 0.316. The van der Waals surface area contributed by atoms with Crippen LogP contribution in [0.1, 0.15) is 54.4 Å². The van der Waals surface area contributed by atoms with Gasteiger partial charge in [-0.2, -0.15) is 0 Å². The molecule has 0 aromatic heterocycles. The maximum absolute atomic E-state index is 14.7. The van der Waals surface area contributed by atoms with E-state index in [0.717, 1.165) is 48.8 Å². The van der Waals surface area contributed by atoms with Crippen molar-refractivity contribution >= 4 is 39.1 Å². The Hall–Kier alpha value is -4.14. The normalized spacial score (nSPS) is 14.3. The van der Waals surface area contributed by atoms with Crippen LogP contribution < -0.4 is 9.62 Å². The zero-order valence-corrected chi connectivity index (χ0v) is 28.5. The molecule has 1 aliphatic rings. The summed E-state index contributed by atoms with van der Waals surface area (Å²) in [5, 5.41) is 3.74. The van der Waals surface area contributed by atoms with Gasteiger partial charge >= 0.3 is 0 Å². The number of sulfonamides is 1. The number of hydrogen-bond donors (Lipinski definition) is 1. The van der Waals surface area contributed by atoms with Gasteiger partial charge in [0.15, 0.2) is 0 Å². The summed E-state index contributed by atoms with van der Waals surface area (Å²) < 4.78 is 29.7. The number of halogens is 1. The van der Waals surface area contributed by atoms with Crippen molar-refractivity contribution in [3.63, 3.8) is 0 Å². The maximum Gasteiger partial charge on any atom is 0.264 e. The Morgan fingerprint density at radius 2 is 1.49 bits per heavy atom. The van der Waals surface area contributed by atoms with Gasteiger partial charge in [-0.05, 0) is 73.7 Å². The summed E-state index contributed by atoms with van der Waals surface area (Å²) in [7, 11) is -4.16. The van der Waals surface area contributed by atoms with E-state index in [1.165, 1.54) is 9.21 Å². The van der Waals surface area contributed by atoms with Gasteiger partial charge in [0.25, 0.3) is 10.0 Å². The van der Waals surface area contributed by atoms with E-state index in [-0.39, 0.29) is 29.8 Å². The highest BCUT2D eigenvalue weighted by atomic mass is 35.5. The molecule has 0 spiro atoms. The van der Waals surface area contributed by atoms with Crippen molar-refractivity contribution in [3.05, 3.63) is 130 Å². The molecule has 246 valence electrons. The largest absolute Gasteiger partial charge is 0.352 e. The van der Waals surface area contributed by atoms with E-state index in [9.17, 15) is 18.0 Å². The summed E-state index contributed by atoms with van der Waals surface area (Å²) in [6, 6.07) is 29.6. The number of carbonyl (C=O) groups excluding carboxylic acids is 2. The highest BCUT2D eigenvalue weighted by molar-refractivity contribution is 7.92. The van der Waals surface area contributed by atoms with Crippen LogP contribution in [-0.4, -0.2) is 43.8 Å². The molecule has 5 rings (SSSR count). The molecule has 0 radical (unpaired) electrons. The number of nitrogens with zero attached hydrogens (tertiary/aromatic N) is 2. The van der Waals surface area contributed by atoms with Gasteiger partial charge in [-0.1, -0.05) is 109 Å². The molecule has 1 aliphatic carbocycles. The molecule has 4 aromatic rings. The van der Waals surface area contributed by atoms with Gasteiger partial charge in [-0.25, -0.2) is 8.42 Å². The van der Waals surface area contributed by atoms with Gasteiger partial charge in [0.1, 0.15) is 12.6 Å². The lowest BCUT2D eigenvalue weighted by Gasteiger charge is -2.35. The van der Waals surface area contributed by atoms with E-state index < -0.39 is 28.5 Å². The first kappa shape index (κ1) is 34.2. The Labute approximate surface area is 283 Å². The average Bonchev–Trinajstić information content (AvgIpc) is 3.06. The second-order valence-electron chi connectivity index (χ2n) is 12.3. The third-order valence-electron chi connectivity index (χ3n) is 8.74. The maximum atomic E-state index is 14.7. The van der Waals surface area contributed by atoms with Crippen molar-refractivity contribution < 1.29 is 18.0 Å². The topological polar surface area (TPSA) is 86.8 Å². The monoisotopic (exact) mass is 671 g/mol. The van der Waals surface area contributed by atoms with E-state index in [2.05, 4.69) is 5.32 Å². The number of benzene rings is 4. The summed E-state index contributed by atoms with van der Waals surface area (Å²) in [5.41, 5.74) is 3.65. The fourth-order valence-electron chi connectivity index (χ4n) is 6.12. The Morgan fingerprint density at radius 1 is 0.830 bits per heavy atom. The standard InChI is InChI=1S/C38H42ClN3O4S/c1-28-20-22-34(23-21-28)47(45,46)42(35-19-10-9-12-29(35)2)27-37(43)41(26-31-15-11-16-32(39)24-31)36(25-30-13-5-3-6-14-30)38(44)40-33-17-7-4-8-18-33/h3,5-6,9-16,19-24,33,36H,4,7-8,17-18,25-27H2,1-2H3,(H,40,44)/t36-/m1/s1. The third kappa shape index (κ3) is 8.82. The first-order valence-electron chi connectivity index (χ1n) is 16.1. The van der Waals surface area contributed by atoms with E-state index in [1.54, 1.807) is 54.6 Å². The average molecular weight is 672 g/mol. The molecule has 1 saturated carbocycles. The molecule has 1 fully saturated rings. The molecule has 0 bridgehead atoms. The van der Waals surface area contributed by atoms with Crippen LogP contribution in [0.25, 0.3) is 0 Å². The second kappa shape index (κ2) is 15.6. The molecular formula is C38H42ClN3O4S. The molecule has 1 N–H and O–H groups in total. The van der Waals surface area contributed by atoms with Gasteiger partial charge in [0.05, 0.1) is 10.6 Å². The summed E-state index contributed by atoms with van der Waals surface area (Å²) >= 11 is 6.36. The van der Waals surface area contributed by atoms with Crippen LogP contribution in [0.3, 0.4) is 0 Å². The van der Waals surface area contributed by atoms with Crippen molar-refractivity contribution in [2.75, 3.05) is 10.8 Å². The molecular weight excluding hydrogens is 630 g/mol. The minimum Gasteiger partial charge on any atom is -0.352 e. The molecule has 1 atom stereocenters. The fourth-order valence-corrected chi connectivity index (χ4v) is 7.82. The summed E-state index contributed by atoms with van der Waals surface area (Å²) in [6.45, 7) is 3.28. The third-order valence-corrected chi connectivity index (χ3v) is 10.7. The number of hydrogen-bond acceptors (Lipinski definition) is 4. The van der Waals surface area contributed by atoms with Crippen molar-refractivity contribution in [3.8, 4) is 0 Å². The van der Waals surface area contributed by atoms with Crippen LogP contribution in [0, 0.1) is 13.8 Å². The first-order valence-corrected chi connectivity index (χ1v) is 18.0. The Balaban J connectivity index is 1.57. The number of carbonyl (C=O) groups is 2. The molecule has 2 amide bonds. The summed E-state index contributed by atoms with van der Waals surface area (Å²) in [5.74, 6) is -0.747. The zero-order chi connectivity index (χ0) is 33.4. The van der Waals surface area contributed by atoms with E-state index >= 15 is 0 Å². The van der Waals surface area contributed by atoms with Crippen molar-refractivity contribution in [2.45, 2.75) is 75.9 Å². The van der Waals surface area contributed by atoms with Crippen LogP contribution in [0.5, 0.6) is 0 Å². The molecule has 4 aromatic carbocycles. The highest BCUT2D eigenvalue weighted by Crippen LogP contribution is 2.28. The van der Waals surface area contributed by atoms with Gasteiger partial charge in [-0.15, -0.1) is 0 Å². The molecule has 0 saturated heterocycles. The predicted molar refractivity (Wildman–Crippen MR) is 188 cm³/mol. The minimum atomic E-state index is -4.16. The zero-order valence-electron chi connectivity index (χ0n) is 26.9. The molecule has 0 aliphatic heterocycles. The lowest BCUT2D eigenvalue weighted by Crippen LogP contribution is -2.55. The Morgan fingerprint density at radius 3 is 2.17 bits per heavy atom. The lowest BCUT2D eigenvalue weighted by molar-refractivity contribution is -0.140. The SMILES string of the molecule is Cc1ccc(S(=O)(=O)N(CC(=O)N(Cc2cccc(Cl)c2)[C@H](Cc2ccccc2)C(=O)NC2CCCCC2)c2ccccc2C)cc1. The van der Waals surface area contributed by atoms with Gasteiger partial charge < -0.3 is 10.2 Å². The second-order valence-corrected chi connectivity index (χ2v) is 14.6. The number of amides is 2. The smallest absolute Gasteiger partial charge is 0.264 e. The molecule has 47 heavy (non-hydrogen) atoms. The predicted octanol–water partition coefficient (Wildman–Crippen LogP) is 7.24. The number of nitrogens with one attached hydrogen (secondary N) is 1. The van der Waals surface area contributed by atoms with Crippen molar-refractivity contribution in [1.29, 1.82) is 0 Å². The Kier molecular flexibility index (Phi) is 11.4. The number of para-hydroxylation sites is 1. The highest BCUT2D eigenvalue weighted by Gasteiger charge is 2.35. The summed E-state index contributed by atoms with van der Waals surface area (Å²) in [4.78, 5) is 30.5. The lowest BCUT2D eigenvalue weighted by atomic mass is 9.94. The number of rotatable bonds is 12. The van der Waals surface area contributed by atoms with Crippen LogP contribution in [0.15, 0.2) is 108 Å². The van der Waals surface area contributed by atoms with Crippen LogP contribution in [0.2, 0.25) is 5.02 Å². The van der Waals surface area contributed by atoms with Gasteiger partial charge in [0.2, 0.25) is 11.8 Å². The van der Waals surface area contributed by atoms with E-state index in [4.69, 9.17) is 11.6 Å². The summed E-state index contributed by atoms with van der Waals surface area (Å²) in [6.07, 6.45) is 5.28. The molecule has 7 nitrogen and oxygen atoms in total. The number of anilines is 1. The molecule has 0 heterocycles. The Bertz CT molecular complexity index is 1770. The van der Waals surface area contributed by atoms with Crippen LogP contribution in [0.4, 0.5) is 5.69 Å². The molecule has 0 unspecified atom stereocenters. The number of aryl methyl sites for hydroxylation is 2. The van der Waals surface area contributed by atoms with Crippen molar-refractivity contribution in [1.82, 2.24) is 10.2 Å². The van der Waals surface area contributed by atoms with Gasteiger partial charge in [0, 0.05) is 24.0 Å². The van der Waals surface area contributed by atoms with Crippen LogP contribution >= 0.6 is 11.6 Å². The van der Waals surface area contributed by atoms with E-state index in [0.29, 0.717) is 16.3 Å². The van der Waals surface area contributed by atoms with Crippen LogP contribution in [-0.2, 0) is 32.6 Å². The van der Waals surface area contributed by atoms with E-state index in [1.807, 2.05) is 62.4 Å². The quantitative estimate of drug-likeness (QED) is 0.172. The minimum absolute atomic E-state index is 0.0306. The molecule has 9 heteroatoms. The van der Waals surface area contributed by atoms with Gasteiger partial charge in [-0.3, -0.25) is 13.9 Å². The first-order chi connectivity index (χ1) is 22.6. The van der Waals surface area contributed by atoms with Crippen molar-refractivity contribution in [2.24, 2.45) is 0 Å².